The van der Waals surface area contributed by atoms with Crippen LogP contribution in [0.4, 0.5) is 8.78 Å². The Kier molecular flexibility index (Phi) is 9.55. The number of benzene rings is 3. The third kappa shape index (κ3) is 6.87. The second kappa shape index (κ2) is 13.4. The molecule has 0 spiro atoms. The molecule has 8 nitrogen and oxygen atoms in total. The number of ether oxygens (including phenoxy) is 2. The van der Waals surface area contributed by atoms with Crippen molar-refractivity contribution in [1.82, 2.24) is 9.62 Å². The zero-order valence-corrected chi connectivity index (χ0v) is 27.0. The van der Waals surface area contributed by atoms with Crippen LogP contribution in [0.5, 0.6) is 11.5 Å². The first-order chi connectivity index (χ1) is 22.0. The lowest BCUT2D eigenvalue weighted by atomic mass is 9.94. The number of sulfonamides is 1. The number of hydrogen-bond acceptors (Lipinski definition) is 6. The number of fused-ring (bicyclic) bond motifs is 3. The molecule has 3 fully saturated rings. The molecule has 3 aromatic carbocycles. The van der Waals surface area contributed by atoms with E-state index in [1.807, 2.05) is 13.0 Å². The highest BCUT2D eigenvalue weighted by Gasteiger charge is 2.53. The minimum atomic E-state index is -4.56. The van der Waals surface area contributed by atoms with Gasteiger partial charge in [0.05, 0.1) is 17.6 Å². The monoisotopic (exact) mass is 655 g/mol. The first-order valence-corrected chi connectivity index (χ1v) is 17.9. The summed E-state index contributed by atoms with van der Waals surface area (Å²) in [5.41, 5.74) is 5.70. The van der Waals surface area contributed by atoms with E-state index >= 15 is 8.78 Å². The van der Waals surface area contributed by atoms with Crippen LogP contribution in [0, 0.1) is 0 Å². The first-order valence-electron chi connectivity index (χ1n) is 16.5. The number of alkyl halides is 2. The maximum atomic E-state index is 16.5. The number of nitrogens with zero attached hydrogens (tertiary/aromatic N) is 1. The van der Waals surface area contributed by atoms with Gasteiger partial charge in [0.2, 0.25) is 15.9 Å². The minimum Gasteiger partial charge on any atom is -0.494 e. The molecule has 1 saturated carbocycles. The highest BCUT2D eigenvalue weighted by molar-refractivity contribution is 7.89. The molecule has 11 heteroatoms. The molecule has 0 aromatic heterocycles. The van der Waals surface area contributed by atoms with Crippen LogP contribution >= 0.6 is 0 Å². The summed E-state index contributed by atoms with van der Waals surface area (Å²) in [5.74, 6) is -3.68. The number of unbranched alkanes of at least 4 members (excludes halogenated alkanes) is 1. The smallest absolute Gasteiger partial charge is 0.298 e. The van der Waals surface area contributed by atoms with Gasteiger partial charge in [-0.2, -0.15) is 13.5 Å². The SMILES string of the molecule is CCCCOc1ccc(C(F)(F)C(NS(=O)(=O)c2ccc3cc(OC4CCCC4)ccc3c2)C(=O)N2C3CCC2CC(N)C3)cc1. The highest BCUT2D eigenvalue weighted by Crippen LogP contribution is 2.40. The molecule has 2 bridgehead atoms. The van der Waals surface area contributed by atoms with Crippen molar-refractivity contribution in [2.24, 2.45) is 5.73 Å². The van der Waals surface area contributed by atoms with E-state index in [0.717, 1.165) is 43.9 Å². The van der Waals surface area contributed by atoms with Crippen LogP contribution in [0.15, 0.2) is 65.6 Å². The summed E-state index contributed by atoms with van der Waals surface area (Å²) in [7, 11) is -4.56. The Hall–Kier alpha value is -3.28. The molecule has 0 radical (unpaired) electrons. The summed E-state index contributed by atoms with van der Waals surface area (Å²) in [6.07, 6.45) is 8.50. The lowest BCUT2D eigenvalue weighted by Crippen LogP contribution is -2.60. The van der Waals surface area contributed by atoms with Gasteiger partial charge >= 0.3 is 0 Å². The molecular formula is C35H43F2N3O5S. The molecule has 248 valence electrons. The molecule has 1 amide bonds. The van der Waals surface area contributed by atoms with Crippen LogP contribution in [0.3, 0.4) is 0 Å². The number of hydrogen-bond donors (Lipinski definition) is 2. The first kappa shape index (κ1) is 32.7. The molecule has 2 aliphatic heterocycles. The lowest BCUT2D eigenvalue weighted by Gasteiger charge is -2.41. The van der Waals surface area contributed by atoms with E-state index < -0.39 is 33.5 Å². The fourth-order valence-corrected chi connectivity index (χ4v) is 8.37. The maximum absolute atomic E-state index is 16.5. The van der Waals surface area contributed by atoms with Crippen molar-refractivity contribution in [2.45, 2.75) is 112 Å². The van der Waals surface area contributed by atoms with Gasteiger partial charge in [-0.1, -0.05) is 25.5 Å². The number of halogens is 2. The second-order valence-electron chi connectivity index (χ2n) is 13.0. The second-order valence-corrected chi connectivity index (χ2v) is 14.7. The van der Waals surface area contributed by atoms with Crippen molar-refractivity contribution in [1.29, 1.82) is 0 Å². The number of rotatable bonds is 12. The van der Waals surface area contributed by atoms with E-state index in [1.54, 1.807) is 18.2 Å². The molecular weight excluding hydrogens is 612 g/mol. The number of piperidine rings is 1. The molecule has 46 heavy (non-hydrogen) atoms. The van der Waals surface area contributed by atoms with Gasteiger partial charge in [-0.15, -0.1) is 0 Å². The molecule has 6 rings (SSSR count). The molecule has 3 N–H and O–H groups in total. The summed E-state index contributed by atoms with van der Waals surface area (Å²) >= 11 is 0. The minimum absolute atomic E-state index is 0.126. The summed E-state index contributed by atoms with van der Waals surface area (Å²) in [5, 5.41) is 1.37. The summed E-state index contributed by atoms with van der Waals surface area (Å²) < 4.78 is 74.4. The average molecular weight is 656 g/mol. The number of carbonyl (C=O) groups excluding carboxylic acids is 1. The Morgan fingerprint density at radius 3 is 2.26 bits per heavy atom. The highest BCUT2D eigenvalue weighted by atomic mass is 32.2. The van der Waals surface area contributed by atoms with Gasteiger partial charge in [-0.05, 0) is 117 Å². The fourth-order valence-electron chi connectivity index (χ4n) is 7.15. The van der Waals surface area contributed by atoms with Gasteiger partial charge in [0.25, 0.3) is 5.92 Å². The van der Waals surface area contributed by atoms with E-state index in [4.69, 9.17) is 15.2 Å². The number of amides is 1. The zero-order valence-electron chi connectivity index (χ0n) is 26.2. The Bertz CT molecular complexity index is 1630. The molecule has 3 atom stereocenters. The van der Waals surface area contributed by atoms with E-state index in [0.29, 0.717) is 49.2 Å². The summed E-state index contributed by atoms with van der Waals surface area (Å²) in [4.78, 5) is 15.3. The molecule has 3 aliphatic rings. The van der Waals surface area contributed by atoms with E-state index in [2.05, 4.69) is 4.72 Å². The Morgan fingerprint density at radius 1 is 0.957 bits per heavy atom. The third-order valence-electron chi connectivity index (χ3n) is 9.61. The third-order valence-corrected chi connectivity index (χ3v) is 11.0. The van der Waals surface area contributed by atoms with Gasteiger partial charge in [0, 0.05) is 23.7 Å². The van der Waals surface area contributed by atoms with Crippen LogP contribution < -0.4 is 19.9 Å². The maximum Gasteiger partial charge on any atom is 0.298 e. The van der Waals surface area contributed by atoms with E-state index in [1.165, 1.54) is 41.3 Å². The Morgan fingerprint density at radius 2 is 1.59 bits per heavy atom. The van der Waals surface area contributed by atoms with Crippen molar-refractivity contribution in [3.63, 3.8) is 0 Å². The van der Waals surface area contributed by atoms with Gasteiger partial charge < -0.3 is 20.1 Å². The quantitative estimate of drug-likeness (QED) is 0.223. The zero-order chi connectivity index (χ0) is 32.5. The summed E-state index contributed by atoms with van der Waals surface area (Å²) in [6, 6.07) is 12.0. The Balaban J connectivity index is 1.29. The molecule has 1 aliphatic carbocycles. The van der Waals surface area contributed by atoms with Crippen molar-refractivity contribution in [3.05, 3.63) is 66.2 Å². The van der Waals surface area contributed by atoms with Crippen molar-refractivity contribution >= 4 is 26.7 Å². The topological polar surface area (TPSA) is 111 Å². The van der Waals surface area contributed by atoms with E-state index in [9.17, 15) is 13.2 Å². The number of nitrogens with two attached hydrogens (primary N) is 1. The normalized spacial score (nSPS) is 22.7. The van der Waals surface area contributed by atoms with Gasteiger partial charge in [0.15, 0.2) is 6.04 Å². The van der Waals surface area contributed by atoms with Gasteiger partial charge in [0.1, 0.15) is 11.5 Å². The lowest BCUT2D eigenvalue weighted by molar-refractivity contribution is -0.149. The van der Waals surface area contributed by atoms with Crippen LogP contribution in [-0.2, 0) is 20.7 Å². The van der Waals surface area contributed by atoms with Crippen molar-refractivity contribution in [3.8, 4) is 11.5 Å². The predicted octanol–water partition coefficient (Wildman–Crippen LogP) is 6.26. The molecule has 3 unspecified atom stereocenters. The van der Waals surface area contributed by atoms with Gasteiger partial charge in [-0.3, -0.25) is 4.79 Å². The van der Waals surface area contributed by atoms with E-state index in [-0.39, 0.29) is 29.1 Å². The standard InChI is InChI=1S/C35H43F2N3O5S/c1-2-3-18-44-29-15-10-25(11-16-29)35(36,37)33(34(41)40-27-12-13-28(40)22-26(38)21-27)39-46(42,43)32-17-9-23-19-31(14-8-24(23)20-32)45-30-6-4-5-7-30/h8-11,14-17,19-20,26-28,30,33,39H,2-7,12-13,18,21-22,38H2,1H3. The molecule has 2 saturated heterocycles. The predicted molar refractivity (Wildman–Crippen MR) is 173 cm³/mol. The average Bonchev–Trinajstić information content (AvgIpc) is 3.65. The van der Waals surface area contributed by atoms with Crippen LogP contribution in [0.25, 0.3) is 10.8 Å². The fraction of sp³-hybridized carbons (Fsp3) is 0.514. The molecule has 2 heterocycles. The summed E-state index contributed by atoms with van der Waals surface area (Å²) in [6.45, 7) is 2.47. The largest absolute Gasteiger partial charge is 0.494 e. The van der Waals surface area contributed by atoms with Crippen LogP contribution in [0.1, 0.15) is 76.7 Å². The van der Waals surface area contributed by atoms with Gasteiger partial charge in [-0.25, -0.2) is 8.42 Å². The number of carbonyl (C=O) groups is 1. The van der Waals surface area contributed by atoms with Crippen molar-refractivity contribution < 1.29 is 31.5 Å². The van der Waals surface area contributed by atoms with Crippen LogP contribution in [0.2, 0.25) is 0 Å². The van der Waals surface area contributed by atoms with Crippen molar-refractivity contribution in [2.75, 3.05) is 6.61 Å². The Labute approximate surface area is 269 Å². The number of nitrogens with one attached hydrogen (secondary N) is 1. The van der Waals surface area contributed by atoms with Crippen LogP contribution in [-0.4, -0.2) is 56.1 Å². The molecule has 3 aromatic rings.